The van der Waals surface area contributed by atoms with Crippen molar-refractivity contribution in [3.05, 3.63) is 70.8 Å². The molecule has 34 heavy (non-hydrogen) atoms. The average molecular weight is 531 g/mol. The zero-order chi connectivity index (χ0) is 24.6. The van der Waals surface area contributed by atoms with Gasteiger partial charge in [-0.2, -0.15) is 0 Å². The third-order valence-electron chi connectivity index (χ3n) is 5.03. The van der Waals surface area contributed by atoms with Gasteiger partial charge in [-0.3, -0.25) is 9.71 Å². The molecule has 3 aromatic rings. The number of hydrogen-bond acceptors (Lipinski definition) is 6. The molecule has 174 valence electrons. The maximum absolute atomic E-state index is 14.9. The largest absolute Gasteiger partial charge is 1.00 e. The molecule has 2 aromatic carbocycles. The van der Waals surface area contributed by atoms with Crippen LogP contribution in [0.5, 0.6) is 5.75 Å². The quantitative estimate of drug-likeness (QED) is 0.454. The molecule has 0 saturated carbocycles. The van der Waals surface area contributed by atoms with Crippen LogP contribution in [0.2, 0.25) is 5.02 Å². The summed E-state index contributed by atoms with van der Waals surface area (Å²) < 4.78 is 48.7. The molecule has 3 rings (SSSR count). The van der Waals surface area contributed by atoms with Gasteiger partial charge in [-0.25, -0.2) is 12.8 Å². The fourth-order valence-corrected chi connectivity index (χ4v) is 4.56. The summed E-state index contributed by atoms with van der Waals surface area (Å²) in [4.78, 5) is 15.0. The van der Waals surface area contributed by atoms with Crippen molar-refractivity contribution in [3.63, 3.8) is 0 Å². The second-order valence-electron chi connectivity index (χ2n) is 7.92. The SMILES string of the molecule is Cc1cncc(S(=O)(=O)Nc2c(F)cc(Cl)cc2-c2ccc(OC(C)(C)C(=O)[O-])cc2)c1C.[K+]. The molecule has 1 aromatic heterocycles. The number of carboxylic acids is 1. The summed E-state index contributed by atoms with van der Waals surface area (Å²) in [5.74, 6) is -2.02. The van der Waals surface area contributed by atoms with Gasteiger partial charge in [-0.15, -0.1) is 0 Å². The minimum atomic E-state index is -4.17. The third kappa shape index (κ3) is 6.37. The average Bonchev–Trinajstić information content (AvgIpc) is 2.72. The number of benzene rings is 2. The van der Waals surface area contributed by atoms with Gasteiger partial charge in [0.2, 0.25) is 0 Å². The van der Waals surface area contributed by atoms with Crippen molar-refractivity contribution in [2.24, 2.45) is 0 Å². The number of carbonyl (C=O) groups is 1. The number of nitrogens with one attached hydrogen (secondary N) is 1. The molecule has 0 fully saturated rings. The summed E-state index contributed by atoms with van der Waals surface area (Å²) in [5, 5.41) is 11.2. The fraction of sp³-hybridized carbons (Fsp3) is 0.217. The Morgan fingerprint density at radius 2 is 1.76 bits per heavy atom. The van der Waals surface area contributed by atoms with Crippen LogP contribution in [0.1, 0.15) is 25.0 Å². The fourth-order valence-electron chi connectivity index (χ4n) is 3.01. The Labute approximate surface area is 245 Å². The Morgan fingerprint density at radius 1 is 1.15 bits per heavy atom. The summed E-state index contributed by atoms with van der Waals surface area (Å²) >= 11 is 6.04. The number of hydrogen-bond donors (Lipinski definition) is 1. The smallest absolute Gasteiger partial charge is 0.546 e. The number of carbonyl (C=O) groups excluding carboxylic acids is 1. The molecular weight excluding hydrogens is 510 g/mol. The molecule has 0 spiro atoms. The van der Waals surface area contributed by atoms with E-state index in [2.05, 4.69) is 9.71 Å². The Balaban J connectivity index is 0.00000408. The van der Waals surface area contributed by atoms with Crippen molar-refractivity contribution >= 4 is 33.3 Å². The molecule has 7 nitrogen and oxygen atoms in total. The van der Waals surface area contributed by atoms with E-state index in [0.717, 1.165) is 6.07 Å². The van der Waals surface area contributed by atoms with E-state index in [-0.39, 0.29) is 78.3 Å². The van der Waals surface area contributed by atoms with Crippen LogP contribution in [-0.4, -0.2) is 25.0 Å². The first kappa shape index (κ1) is 28.7. The first-order valence-corrected chi connectivity index (χ1v) is 11.6. The maximum Gasteiger partial charge on any atom is 1.00 e. The van der Waals surface area contributed by atoms with Crippen LogP contribution in [0.15, 0.2) is 53.7 Å². The maximum atomic E-state index is 14.9. The number of pyridine rings is 1. The van der Waals surface area contributed by atoms with E-state index in [4.69, 9.17) is 16.3 Å². The van der Waals surface area contributed by atoms with Gasteiger partial charge in [-0.1, -0.05) is 23.7 Å². The number of anilines is 1. The van der Waals surface area contributed by atoms with Crippen molar-refractivity contribution in [3.8, 4) is 16.9 Å². The number of aromatic nitrogens is 1. The summed E-state index contributed by atoms with van der Waals surface area (Å²) in [7, 11) is -4.17. The molecule has 0 aliphatic carbocycles. The van der Waals surface area contributed by atoms with E-state index in [9.17, 15) is 22.7 Å². The minimum absolute atomic E-state index is 0. The van der Waals surface area contributed by atoms with Gasteiger partial charge in [0, 0.05) is 23.0 Å². The first-order valence-electron chi connectivity index (χ1n) is 9.76. The van der Waals surface area contributed by atoms with Crippen LogP contribution in [0.4, 0.5) is 10.1 Å². The van der Waals surface area contributed by atoms with Crippen molar-refractivity contribution in [1.82, 2.24) is 4.98 Å². The molecule has 1 heterocycles. The van der Waals surface area contributed by atoms with Crippen molar-refractivity contribution in [2.45, 2.75) is 38.2 Å². The van der Waals surface area contributed by atoms with Gasteiger partial charge >= 0.3 is 51.4 Å². The molecule has 0 aliphatic rings. The number of nitrogens with zero attached hydrogens (tertiary/aromatic N) is 1. The van der Waals surface area contributed by atoms with Gasteiger partial charge in [0.1, 0.15) is 22.1 Å². The molecule has 0 saturated heterocycles. The standard InChI is InChI=1S/C23H22ClFN2O5S.K/c1-13-11-26-12-20(14(13)2)33(30,31)27-21-18(9-16(24)10-19(21)25)15-5-7-17(8-6-15)32-23(3,4)22(28)29;/h5-12,27H,1-4H3,(H,28,29);/q;+1/p-1. The minimum Gasteiger partial charge on any atom is -0.546 e. The summed E-state index contributed by atoms with van der Waals surface area (Å²) in [5.41, 5.74) is -0.0805. The van der Waals surface area contributed by atoms with Crippen LogP contribution in [0.25, 0.3) is 11.1 Å². The number of halogens is 2. The molecule has 0 amide bonds. The van der Waals surface area contributed by atoms with Crippen LogP contribution in [0, 0.1) is 19.7 Å². The zero-order valence-electron chi connectivity index (χ0n) is 19.3. The molecule has 0 bridgehead atoms. The van der Waals surface area contributed by atoms with Gasteiger partial charge in [-0.05, 0) is 68.7 Å². The van der Waals surface area contributed by atoms with E-state index in [1.165, 1.54) is 56.6 Å². The number of aryl methyl sites for hydroxylation is 1. The van der Waals surface area contributed by atoms with E-state index in [0.29, 0.717) is 16.7 Å². The number of rotatable bonds is 7. The molecule has 0 unspecified atom stereocenters. The van der Waals surface area contributed by atoms with Crippen LogP contribution < -0.4 is 66.0 Å². The Morgan fingerprint density at radius 3 is 2.35 bits per heavy atom. The topological polar surface area (TPSA) is 108 Å². The predicted molar refractivity (Wildman–Crippen MR) is 121 cm³/mol. The number of sulfonamides is 1. The molecule has 1 N–H and O–H groups in total. The van der Waals surface area contributed by atoms with Crippen molar-refractivity contribution in [2.75, 3.05) is 4.72 Å². The summed E-state index contributed by atoms with van der Waals surface area (Å²) in [6, 6.07) is 8.44. The molecule has 0 atom stereocenters. The number of carboxylic acid groups (broad SMARTS) is 1. The predicted octanol–water partition coefficient (Wildman–Crippen LogP) is 0.870. The Kier molecular flexibility index (Phi) is 9.31. The summed E-state index contributed by atoms with van der Waals surface area (Å²) in [6.45, 7) is 6.05. The Hall–Kier alpha value is -1.53. The normalized spacial score (nSPS) is 11.5. The van der Waals surface area contributed by atoms with Crippen LogP contribution >= 0.6 is 11.6 Å². The summed E-state index contributed by atoms with van der Waals surface area (Å²) in [6.07, 6.45) is 2.73. The Bertz CT molecular complexity index is 1330. The number of ether oxygens (including phenoxy) is 1. The molecule has 0 aliphatic heterocycles. The second kappa shape index (κ2) is 11.0. The van der Waals surface area contributed by atoms with E-state index < -0.39 is 27.4 Å². The van der Waals surface area contributed by atoms with E-state index in [1.807, 2.05) is 0 Å². The monoisotopic (exact) mass is 530 g/mol. The van der Waals surface area contributed by atoms with Gasteiger partial charge in [0.15, 0.2) is 0 Å². The van der Waals surface area contributed by atoms with Crippen LogP contribution in [0.3, 0.4) is 0 Å². The van der Waals surface area contributed by atoms with E-state index >= 15 is 0 Å². The van der Waals surface area contributed by atoms with Gasteiger partial charge in [0.25, 0.3) is 10.0 Å². The van der Waals surface area contributed by atoms with Gasteiger partial charge < -0.3 is 14.6 Å². The zero-order valence-corrected chi connectivity index (χ0v) is 24.0. The molecule has 11 heteroatoms. The third-order valence-corrected chi connectivity index (χ3v) is 6.71. The first-order chi connectivity index (χ1) is 15.3. The molecule has 0 radical (unpaired) electrons. The van der Waals surface area contributed by atoms with Crippen molar-refractivity contribution in [1.29, 1.82) is 0 Å². The molecular formula is C23H21ClFKN2O5S. The van der Waals surface area contributed by atoms with E-state index in [1.54, 1.807) is 13.8 Å². The van der Waals surface area contributed by atoms with Crippen molar-refractivity contribution < 1.29 is 78.8 Å². The number of aliphatic carboxylic acids is 1. The van der Waals surface area contributed by atoms with Crippen LogP contribution in [-0.2, 0) is 14.8 Å². The van der Waals surface area contributed by atoms with Gasteiger partial charge in [0.05, 0.1) is 11.7 Å². The second-order valence-corrected chi connectivity index (χ2v) is 10.0.